The van der Waals surface area contributed by atoms with Gasteiger partial charge < -0.3 is 4.74 Å². The molecule has 0 aliphatic carbocycles. The predicted molar refractivity (Wildman–Crippen MR) is 106 cm³/mol. The summed E-state index contributed by atoms with van der Waals surface area (Å²) in [5.41, 5.74) is -0.0699. The van der Waals surface area contributed by atoms with Gasteiger partial charge in [-0.3, -0.25) is 4.99 Å². The second kappa shape index (κ2) is 8.90. The second-order valence-electron chi connectivity index (χ2n) is 7.31. The van der Waals surface area contributed by atoms with Gasteiger partial charge in [-0.05, 0) is 45.4 Å². The quantitative estimate of drug-likeness (QED) is 0.333. The van der Waals surface area contributed by atoms with Gasteiger partial charge in [-0.25, -0.2) is 18.0 Å². The van der Waals surface area contributed by atoms with Crippen LogP contribution in [0.4, 0.5) is 13.2 Å². The molecule has 0 bridgehead atoms. The topological polar surface area (TPSA) is 38.7 Å². The van der Waals surface area contributed by atoms with Crippen LogP contribution in [-0.2, 0) is 16.0 Å². The summed E-state index contributed by atoms with van der Waals surface area (Å²) in [6.07, 6.45) is 0.193. The van der Waals surface area contributed by atoms with Crippen LogP contribution in [0.15, 0.2) is 45.9 Å². The third kappa shape index (κ3) is 5.92. The fraction of sp³-hybridized carbons (Fsp3) is 0.333. The van der Waals surface area contributed by atoms with Crippen LogP contribution < -0.4 is 0 Å². The number of aliphatic imine (C=N–C) groups is 1. The van der Waals surface area contributed by atoms with Crippen LogP contribution in [0.3, 0.4) is 0 Å². The largest absolute Gasteiger partial charge is 0.458 e. The molecule has 0 aliphatic heterocycles. The van der Waals surface area contributed by atoms with Crippen molar-refractivity contribution in [3.05, 3.63) is 69.4 Å². The number of carbonyl (C=O) groups excluding carboxylic acids is 1. The minimum atomic E-state index is -1.29. The van der Waals surface area contributed by atoms with Crippen molar-refractivity contribution in [1.82, 2.24) is 0 Å². The van der Waals surface area contributed by atoms with Crippen LogP contribution in [-0.4, -0.2) is 23.3 Å². The summed E-state index contributed by atoms with van der Waals surface area (Å²) in [5, 5.41) is 0. The van der Waals surface area contributed by atoms with Gasteiger partial charge in [-0.1, -0.05) is 34.1 Å². The molecule has 7 heteroatoms. The summed E-state index contributed by atoms with van der Waals surface area (Å²) in [6.45, 7) is 6.62. The Bertz CT molecular complexity index is 907. The first-order valence-electron chi connectivity index (χ1n) is 8.63. The maximum absolute atomic E-state index is 14.1. The van der Waals surface area contributed by atoms with Crippen LogP contribution >= 0.6 is 15.9 Å². The van der Waals surface area contributed by atoms with Gasteiger partial charge in [0.2, 0.25) is 0 Å². The Hall–Kier alpha value is -2.15. The molecule has 0 radical (unpaired) electrons. The van der Waals surface area contributed by atoms with E-state index in [1.807, 2.05) is 24.3 Å². The zero-order valence-corrected chi connectivity index (χ0v) is 17.6. The fourth-order valence-corrected chi connectivity index (χ4v) is 2.97. The van der Waals surface area contributed by atoms with E-state index in [4.69, 9.17) is 4.74 Å². The van der Waals surface area contributed by atoms with Crippen molar-refractivity contribution in [1.29, 1.82) is 0 Å². The molecule has 150 valence electrons. The number of hydrogen-bond acceptors (Lipinski definition) is 3. The van der Waals surface area contributed by atoms with Gasteiger partial charge in [-0.15, -0.1) is 0 Å². The molecule has 2 aromatic rings. The van der Waals surface area contributed by atoms with E-state index in [-0.39, 0.29) is 17.7 Å². The minimum absolute atomic E-state index is 0.0688. The lowest BCUT2D eigenvalue weighted by atomic mass is 10.0. The Balaban J connectivity index is 2.43. The third-order valence-electron chi connectivity index (χ3n) is 3.80. The Morgan fingerprint density at radius 2 is 1.71 bits per heavy atom. The fourth-order valence-electron chi connectivity index (χ4n) is 2.53. The van der Waals surface area contributed by atoms with Crippen molar-refractivity contribution in [2.45, 2.75) is 45.8 Å². The molecule has 0 N–H and O–H groups in total. The summed E-state index contributed by atoms with van der Waals surface area (Å²) in [7, 11) is 0. The van der Waals surface area contributed by atoms with Gasteiger partial charge in [0.25, 0.3) is 0 Å². The maximum Gasteiger partial charge on any atom is 0.331 e. The third-order valence-corrected chi connectivity index (χ3v) is 4.57. The summed E-state index contributed by atoms with van der Waals surface area (Å²) >= 11 is 3.42. The molecule has 3 nitrogen and oxygen atoms in total. The highest BCUT2D eigenvalue weighted by molar-refractivity contribution is 9.10. The number of rotatable bonds is 5. The van der Waals surface area contributed by atoms with E-state index >= 15 is 0 Å². The first-order chi connectivity index (χ1) is 13.0. The van der Waals surface area contributed by atoms with Crippen molar-refractivity contribution in [2.24, 2.45) is 4.99 Å². The number of hydrogen-bond donors (Lipinski definition) is 0. The van der Waals surface area contributed by atoms with E-state index in [1.165, 1.54) is 6.92 Å². The number of esters is 1. The Morgan fingerprint density at radius 3 is 2.32 bits per heavy atom. The normalized spacial score (nSPS) is 13.4. The molecular weight excluding hydrogens is 435 g/mol. The molecule has 0 aromatic heterocycles. The molecule has 0 saturated heterocycles. The molecule has 0 amide bonds. The molecule has 0 spiro atoms. The predicted octanol–water partition coefficient (Wildman–Crippen LogP) is 5.63. The minimum Gasteiger partial charge on any atom is -0.458 e. The van der Waals surface area contributed by atoms with Crippen LogP contribution in [0, 0.1) is 17.5 Å². The highest BCUT2D eigenvalue weighted by atomic mass is 79.9. The van der Waals surface area contributed by atoms with Gasteiger partial charge in [0.15, 0.2) is 17.7 Å². The zero-order valence-electron chi connectivity index (χ0n) is 16.0. The first kappa shape index (κ1) is 22.1. The van der Waals surface area contributed by atoms with Crippen molar-refractivity contribution < 1.29 is 22.7 Å². The monoisotopic (exact) mass is 455 g/mol. The summed E-state index contributed by atoms with van der Waals surface area (Å²) < 4.78 is 47.0. The molecule has 1 atom stereocenters. The van der Waals surface area contributed by atoms with Gasteiger partial charge in [0.05, 0.1) is 0 Å². The van der Waals surface area contributed by atoms with E-state index in [0.29, 0.717) is 6.07 Å². The van der Waals surface area contributed by atoms with E-state index in [9.17, 15) is 18.0 Å². The number of benzene rings is 2. The summed E-state index contributed by atoms with van der Waals surface area (Å²) in [4.78, 5) is 17.0. The number of ether oxygens (including phenoxy) is 1. The van der Waals surface area contributed by atoms with E-state index in [2.05, 4.69) is 20.9 Å². The lowest BCUT2D eigenvalue weighted by Gasteiger charge is -2.23. The molecule has 0 fully saturated rings. The van der Waals surface area contributed by atoms with E-state index in [0.717, 1.165) is 16.1 Å². The number of carbonyl (C=O) groups is 1. The molecule has 2 rings (SSSR count). The van der Waals surface area contributed by atoms with Crippen LogP contribution in [0.1, 0.15) is 38.8 Å². The Morgan fingerprint density at radius 1 is 1.11 bits per heavy atom. The summed E-state index contributed by atoms with van der Waals surface area (Å²) in [5.74, 6) is -4.02. The Labute approximate surface area is 170 Å². The van der Waals surface area contributed by atoms with Crippen molar-refractivity contribution in [2.75, 3.05) is 0 Å². The zero-order chi connectivity index (χ0) is 21.1. The summed E-state index contributed by atoms with van der Waals surface area (Å²) in [6, 6.07) is 7.51. The van der Waals surface area contributed by atoms with Gasteiger partial charge in [0.1, 0.15) is 11.4 Å². The van der Waals surface area contributed by atoms with Gasteiger partial charge >= 0.3 is 5.97 Å². The molecule has 28 heavy (non-hydrogen) atoms. The second-order valence-corrected chi connectivity index (χ2v) is 8.16. The molecule has 2 aromatic carbocycles. The van der Waals surface area contributed by atoms with E-state index in [1.54, 1.807) is 20.8 Å². The number of halogens is 4. The first-order valence-corrected chi connectivity index (χ1v) is 9.43. The van der Waals surface area contributed by atoms with Crippen molar-refractivity contribution in [3.63, 3.8) is 0 Å². The number of nitrogens with zero attached hydrogens (tertiary/aromatic N) is 1. The van der Waals surface area contributed by atoms with Crippen LogP contribution in [0.25, 0.3) is 0 Å². The molecule has 0 unspecified atom stereocenters. The smallest absolute Gasteiger partial charge is 0.331 e. The lowest BCUT2D eigenvalue weighted by molar-refractivity contribution is -0.156. The van der Waals surface area contributed by atoms with E-state index < -0.39 is 35.1 Å². The van der Waals surface area contributed by atoms with Gasteiger partial charge in [-0.2, -0.15) is 0 Å². The molecule has 0 aliphatic rings. The van der Waals surface area contributed by atoms with Crippen LogP contribution in [0.5, 0.6) is 0 Å². The van der Waals surface area contributed by atoms with Crippen LogP contribution in [0.2, 0.25) is 0 Å². The average molecular weight is 456 g/mol. The Kier molecular flexibility index (Phi) is 7.04. The average Bonchev–Trinajstić information content (AvgIpc) is 2.57. The maximum atomic E-state index is 14.1. The highest BCUT2D eigenvalue weighted by Gasteiger charge is 2.26. The highest BCUT2D eigenvalue weighted by Crippen LogP contribution is 2.22. The lowest BCUT2D eigenvalue weighted by Crippen LogP contribution is -2.33. The van der Waals surface area contributed by atoms with Crippen molar-refractivity contribution >= 4 is 27.6 Å². The standard InChI is InChI=1S/C21H21BrF3NO2/c1-12(14-10-17(24)18(25)11-16(14)23)26-19(20(27)28-21(2,3)4)9-13-7-5-6-8-15(13)22/h5-8,10-11,19H,9H2,1-4H3/t19-/m0/s1. The molecular formula is C21H21BrF3NO2. The molecule has 0 saturated carbocycles. The SMILES string of the molecule is CC(=N[C@@H](Cc1ccccc1Br)C(=O)OC(C)(C)C)c1cc(F)c(F)cc1F. The van der Waals surface area contributed by atoms with Gasteiger partial charge in [0, 0.05) is 28.2 Å². The van der Waals surface area contributed by atoms with Crippen molar-refractivity contribution in [3.8, 4) is 0 Å². The molecule has 0 heterocycles.